The average molecular weight is 221 g/mol. The SMILES string of the molecule is CCCNC1c2c(F)ccc(C)c2CC1C. The highest BCUT2D eigenvalue weighted by Crippen LogP contribution is 2.39. The molecule has 0 saturated heterocycles. The van der Waals surface area contributed by atoms with Crippen molar-refractivity contribution in [2.45, 2.75) is 39.7 Å². The van der Waals surface area contributed by atoms with Gasteiger partial charge in [0.2, 0.25) is 0 Å². The van der Waals surface area contributed by atoms with Crippen molar-refractivity contribution in [3.63, 3.8) is 0 Å². The molecule has 0 bridgehead atoms. The molecule has 0 heterocycles. The molecule has 2 atom stereocenters. The quantitative estimate of drug-likeness (QED) is 0.825. The molecule has 16 heavy (non-hydrogen) atoms. The van der Waals surface area contributed by atoms with Gasteiger partial charge in [-0.25, -0.2) is 4.39 Å². The van der Waals surface area contributed by atoms with Gasteiger partial charge in [-0.3, -0.25) is 0 Å². The molecular formula is C14H20FN. The van der Waals surface area contributed by atoms with E-state index in [1.807, 2.05) is 6.07 Å². The average Bonchev–Trinajstić information content (AvgIpc) is 2.59. The fourth-order valence-electron chi connectivity index (χ4n) is 2.68. The molecule has 2 heteroatoms. The number of rotatable bonds is 3. The molecule has 0 fully saturated rings. The van der Waals surface area contributed by atoms with Crippen LogP contribution in [0.3, 0.4) is 0 Å². The Balaban J connectivity index is 2.35. The van der Waals surface area contributed by atoms with Crippen molar-refractivity contribution < 1.29 is 4.39 Å². The molecular weight excluding hydrogens is 201 g/mol. The topological polar surface area (TPSA) is 12.0 Å². The van der Waals surface area contributed by atoms with E-state index in [-0.39, 0.29) is 11.9 Å². The van der Waals surface area contributed by atoms with Crippen LogP contribution in [0.25, 0.3) is 0 Å². The number of hydrogen-bond donors (Lipinski definition) is 1. The molecule has 0 amide bonds. The molecule has 0 aliphatic heterocycles. The molecule has 1 aromatic carbocycles. The van der Waals surface area contributed by atoms with E-state index in [9.17, 15) is 4.39 Å². The zero-order chi connectivity index (χ0) is 11.7. The third-order valence-corrected chi connectivity index (χ3v) is 3.56. The summed E-state index contributed by atoms with van der Waals surface area (Å²) in [6.45, 7) is 7.38. The maximum absolute atomic E-state index is 13.9. The van der Waals surface area contributed by atoms with E-state index in [2.05, 4.69) is 26.1 Å². The summed E-state index contributed by atoms with van der Waals surface area (Å²) < 4.78 is 13.9. The third-order valence-electron chi connectivity index (χ3n) is 3.56. The van der Waals surface area contributed by atoms with Crippen molar-refractivity contribution in [2.75, 3.05) is 6.54 Å². The number of hydrogen-bond acceptors (Lipinski definition) is 1. The number of halogens is 1. The maximum atomic E-state index is 13.9. The van der Waals surface area contributed by atoms with Crippen molar-refractivity contribution in [1.82, 2.24) is 5.32 Å². The molecule has 1 aliphatic rings. The van der Waals surface area contributed by atoms with Gasteiger partial charge in [-0.1, -0.05) is 19.9 Å². The van der Waals surface area contributed by atoms with Gasteiger partial charge < -0.3 is 5.32 Å². The number of benzene rings is 1. The standard InChI is InChI=1S/C14H20FN/c1-4-7-16-14-10(3)8-11-9(2)5-6-12(15)13(11)14/h5-6,10,14,16H,4,7-8H2,1-3H3. The van der Waals surface area contributed by atoms with E-state index in [0.29, 0.717) is 5.92 Å². The summed E-state index contributed by atoms with van der Waals surface area (Å²) in [5, 5.41) is 3.47. The number of fused-ring (bicyclic) bond motifs is 1. The highest BCUT2D eigenvalue weighted by Gasteiger charge is 2.32. The fourth-order valence-corrected chi connectivity index (χ4v) is 2.68. The highest BCUT2D eigenvalue weighted by molar-refractivity contribution is 5.42. The van der Waals surface area contributed by atoms with Crippen LogP contribution in [-0.2, 0) is 6.42 Å². The minimum atomic E-state index is -0.0430. The van der Waals surface area contributed by atoms with Crippen molar-refractivity contribution in [2.24, 2.45) is 5.92 Å². The molecule has 0 saturated carbocycles. The van der Waals surface area contributed by atoms with E-state index in [0.717, 1.165) is 24.9 Å². The summed E-state index contributed by atoms with van der Waals surface area (Å²) in [6, 6.07) is 3.70. The first-order valence-electron chi connectivity index (χ1n) is 6.16. The second-order valence-corrected chi connectivity index (χ2v) is 4.87. The van der Waals surface area contributed by atoms with E-state index in [4.69, 9.17) is 0 Å². The van der Waals surface area contributed by atoms with Gasteiger partial charge in [-0.05, 0) is 49.4 Å². The molecule has 2 rings (SSSR count). The monoisotopic (exact) mass is 221 g/mol. The molecule has 1 N–H and O–H groups in total. The minimum Gasteiger partial charge on any atom is -0.310 e. The van der Waals surface area contributed by atoms with Gasteiger partial charge in [0.15, 0.2) is 0 Å². The lowest BCUT2D eigenvalue weighted by Gasteiger charge is -2.18. The first-order valence-corrected chi connectivity index (χ1v) is 6.16. The zero-order valence-electron chi connectivity index (χ0n) is 10.3. The molecule has 1 nitrogen and oxygen atoms in total. The van der Waals surface area contributed by atoms with Gasteiger partial charge in [0.1, 0.15) is 5.82 Å². The Morgan fingerprint density at radius 2 is 2.19 bits per heavy atom. The number of nitrogens with one attached hydrogen (secondary N) is 1. The Hall–Kier alpha value is -0.890. The van der Waals surface area contributed by atoms with Crippen molar-refractivity contribution in [3.05, 3.63) is 34.6 Å². The number of aryl methyl sites for hydroxylation is 1. The van der Waals surface area contributed by atoms with Crippen LogP contribution in [0.4, 0.5) is 4.39 Å². The van der Waals surface area contributed by atoms with Crippen molar-refractivity contribution in [3.8, 4) is 0 Å². The summed E-state index contributed by atoms with van der Waals surface area (Å²) in [5.41, 5.74) is 3.37. The predicted molar refractivity (Wildman–Crippen MR) is 65.0 cm³/mol. The van der Waals surface area contributed by atoms with Crippen LogP contribution in [0.1, 0.15) is 43.0 Å². The van der Waals surface area contributed by atoms with E-state index in [1.165, 1.54) is 11.1 Å². The normalized spacial score (nSPS) is 23.5. The summed E-state index contributed by atoms with van der Waals surface area (Å²) in [5.74, 6) is 0.454. The van der Waals surface area contributed by atoms with Gasteiger partial charge in [-0.2, -0.15) is 0 Å². The lowest BCUT2D eigenvalue weighted by Crippen LogP contribution is -2.25. The largest absolute Gasteiger partial charge is 0.310 e. The van der Waals surface area contributed by atoms with Gasteiger partial charge in [0.25, 0.3) is 0 Å². The van der Waals surface area contributed by atoms with Crippen molar-refractivity contribution in [1.29, 1.82) is 0 Å². The fraction of sp³-hybridized carbons (Fsp3) is 0.571. The summed E-state index contributed by atoms with van der Waals surface area (Å²) in [7, 11) is 0. The van der Waals surface area contributed by atoms with E-state index in [1.54, 1.807) is 6.07 Å². The van der Waals surface area contributed by atoms with Gasteiger partial charge in [0, 0.05) is 11.6 Å². The van der Waals surface area contributed by atoms with Gasteiger partial charge >= 0.3 is 0 Å². The van der Waals surface area contributed by atoms with Crippen LogP contribution in [0.5, 0.6) is 0 Å². The van der Waals surface area contributed by atoms with Crippen LogP contribution >= 0.6 is 0 Å². The zero-order valence-corrected chi connectivity index (χ0v) is 10.3. The van der Waals surface area contributed by atoms with Crippen LogP contribution in [0, 0.1) is 18.7 Å². The van der Waals surface area contributed by atoms with Crippen LogP contribution in [-0.4, -0.2) is 6.54 Å². The Bertz CT molecular complexity index is 387. The van der Waals surface area contributed by atoms with Gasteiger partial charge in [0.05, 0.1) is 0 Å². The molecule has 0 aromatic heterocycles. The highest BCUT2D eigenvalue weighted by atomic mass is 19.1. The molecule has 0 radical (unpaired) electrons. The summed E-state index contributed by atoms with van der Waals surface area (Å²) in [6.07, 6.45) is 2.09. The first kappa shape index (κ1) is 11.6. The molecule has 1 aromatic rings. The second kappa shape index (κ2) is 4.54. The molecule has 1 aliphatic carbocycles. The van der Waals surface area contributed by atoms with Crippen LogP contribution < -0.4 is 5.32 Å². The lowest BCUT2D eigenvalue weighted by molar-refractivity contribution is 0.407. The Kier molecular flexibility index (Phi) is 3.29. The summed E-state index contributed by atoms with van der Waals surface area (Å²) in [4.78, 5) is 0. The molecule has 2 unspecified atom stereocenters. The minimum absolute atomic E-state index is 0.0430. The predicted octanol–water partition coefficient (Wildman–Crippen LogP) is 3.37. The lowest BCUT2D eigenvalue weighted by atomic mass is 10.0. The van der Waals surface area contributed by atoms with Gasteiger partial charge in [-0.15, -0.1) is 0 Å². The molecule has 0 spiro atoms. The van der Waals surface area contributed by atoms with Crippen LogP contribution in [0.2, 0.25) is 0 Å². The van der Waals surface area contributed by atoms with E-state index >= 15 is 0 Å². The third kappa shape index (κ3) is 1.86. The molecule has 88 valence electrons. The Labute approximate surface area is 97.1 Å². The first-order chi connectivity index (χ1) is 7.65. The van der Waals surface area contributed by atoms with Crippen LogP contribution in [0.15, 0.2) is 12.1 Å². The van der Waals surface area contributed by atoms with E-state index < -0.39 is 0 Å². The smallest absolute Gasteiger partial charge is 0.128 e. The van der Waals surface area contributed by atoms with Crippen molar-refractivity contribution >= 4 is 0 Å². The maximum Gasteiger partial charge on any atom is 0.128 e. The Morgan fingerprint density at radius 3 is 2.88 bits per heavy atom. The summed E-state index contributed by atoms with van der Waals surface area (Å²) >= 11 is 0. The Morgan fingerprint density at radius 1 is 1.44 bits per heavy atom. The second-order valence-electron chi connectivity index (χ2n) is 4.87.